The van der Waals surface area contributed by atoms with E-state index in [2.05, 4.69) is 17.1 Å². The number of ketones is 2. The maximum absolute atomic E-state index is 13.8. The molecule has 1 aliphatic carbocycles. The standard InChI is InChI=1S/C29H36N4O7/c1-11-7-15-20(24(36)25(11)39-5)21-16-8-14-19(23(35)26(40-6)12(2)22(14)34)18(10-31-27(37)13(3)30)32(16)28(38)17-9-29(15,4)33(17)21/h7,13,16-18,21,28,36,38H,8-10,30H2,1-6H3,(H,31,37)/t13-,16?,17-,18-,21-,28-,29?/m0/s1. The lowest BCUT2D eigenvalue weighted by Crippen LogP contribution is -2.76. The number of carbonyl (C=O) groups is 3. The van der Waals surface area contributed by atoms with Crippen LogP contribution in [-0.2, 0) is 24.7 Å². The summed E-state index contributed by atoms with van der Waals surface area (Å²) >= 11 is 0. The average molecular weight is 553 g/mol. The number of Topliss-reactive ketones (excluding diaryl/α,β-unsaturated/α-hetero) is 2. The molecule has 11 heteroatoms. The Morgan fingerprint density at radius 3 is 2.55 bits per heavy atom. The topological polar surface area (TPSA) is 155 Å². The third-order valence-electron chi connectivity index (χ3n) is 9.71. The molecule has 1 aromatic rings. The number of ether oxygens (including phenoxy) is 2. The fourth-order valence-corrected chi connectivity index (χ4v) is 7.99. The van der Waals surface area contributed by atoms with Crippen LogP contribution < -0.4 is 15.8 Å². The summed E-state index contributed by atoms with van der Waals surface area (Å²) in [5, 5.41) is 26.2. The molecule has 40 heavy (non-hydrogen) atoms. The highest BCUT2D eigenvalue weighted by atomic mass is 16.5. The number of benzene rings is 1. The smallest absolute Gasteiger partial charge is 0.236 e. The van der Waals surface area contributed by atoms with Crippen LogP contribution in [0.1, 0.15) is 56.3 Å². The number of piperazine rings is 1. The number of nitrogens with one attached hydrogen (secondary N) is 1. The summed E-state index contributed by atoms with van der Waals surface area (Å²) in [4.78, 5) is 44.1. The minimum atomic E-state index is -0.985. The van der Waals surface area contributed by atoms with Crippen molar-refractivity contribution in [3.8, 4) is 11.5 Å². The number of hydrogen-bond acceptors (Lipinski definition) is 10. The third-order valence-corrected chi connectivity index (χ3v) is 9.71. The molecule has 5 N–H and O–H groups in total. The van der Waals surface area contributed by atoms with E-state index < -0.39 is 41.6 Å². The van der Waals surface area contributed by atoms with E-state index in [1.165, 1.54) is 14.2 Å². The first-order chi connectivity index (χ1) is 18.9. The molecule has 6 rings (SSSR count). The zero-order valence-electron chi connectivity index (χ0n) is 23.6. The number of aliphatic hydroxyl groups is 1. The van der Waals surface area contributed by atoms with Crippen molar-refractivity contribution >= 4 is 17.5 Å². The van der Waals surface area contributed by atoms with Crippen LogP contribution in [0, 0.1) is 6.92 Å². The molecule has 0 spiro atoms. The second-order valence-corrected chi connectivity index (χ2v) is 11.8. The molecule has 4 aliphatic heterocycles. The number of allylic oxidation sites excluding steroid dienone is 2. The fraction of sp³-hybridized carbons (Fsp3) is 0.552. The molecule has 214 valence electrons. The van der Waals surface area contributed by atoms with Gasteiger partial charge in [-0.3, -0.25) is 24.2 Å². The van der Waals surface area contributed by atoms with Gasteiger partial charge in [-0.15, -0.1) is 0 Å². The Labute approximate surface area is 232 Å². The van der Waals surface area contributed by atoms with Crippen LogP contribution in [0.3, 0.4) is 0 Å². The van der Waals surface area contributed by atoms with E-state index in [1.807, 2.05) is 17.9 Å². The van der Waals surface area contributed by atoms with Crippen LogP contribution in [0.5, 0.6) is 11.5 Å². The quantitative estimate of drug-likeness (QED) is 0.383. The predicted molar refractivity (Wildman–Crippen MR) is 143 cm³/mol. The van der Waals surface area contributed by atoms with Crippen molar-refractivity contribution in [3.05, 3.63) is 45.2 Å². The Balaban J connectivity index is 1.53. The third kappa shape index (κ3) is 3.23. The van der Waals surface area contributed by atoms with Crippen molar-refractivity contribution in [1.29, 1.82) is 0 Å². The van der Waals surface area contributed by atoms with Gasteiger partial charge in [0.05, 0.1) is 38.4 Å². The van der Waals surface area contributed by atoms with Crippen LogP contribution in [-0.4, -0.2) is 88.6 Å². The molecule has 0 saturated carbocycles. The molecule has 7 atom stereocenters. The van der Waals surface area contributed by atoms with Crippen molar-refractivity contribution in [2.24, 2.45) is 5.73 Å². The summed E-state index contributed by atoms with van der Waals surface area (Å²) in [5.74, 6) is -0.707. The summed E-state index contributed by atoms with van der Waals surface area (Å²) in [6.07, 6.45) is -0.172. The first kappa shape index (κ1) is 26.9. The number of phenols is 1. The number of aryl methyl sites for hydroxylation is 1. The normalized spacial score (nSPS) is 33.5. The number of carbonyl (C=O) groups excluding carboxylic acids is 3. The Kier molecular flexibility index (Phi) is 5.98. The number of fused-ring (bicyclic) bond motifs is 5. The van der Waals surface area contributed by atoms with Gasteiger partial charge in [-0.25, -0.2) is 0 Å². The zero-order chi connectivity index (χ0) is 29.0. The Hall–Kier alpha value is -3.25. The van der Waals surface area contributed by atoms with Gasteiger partial charge in [0.25, 0.3) is 0 Å². The number of aromatic hydroxyl groups is 1. The highest BCUT2D eigenvalue weighted by molar-refractivity contribution is 6.25. The number of methoxy groups -OCH3 is 2. The lowest BCUT2D eigenvalue weighted by molar-refractivity contribution is -0.240. The lowest BCUT2D eigenvalue weighted by atomic mass is 9.71. The highest BCUT2D eigenvalue weighted by Crippen LogP contribution is 2.66. The lowest BCUT2D eigenvalue weighted by Gasteiger charge is -2.66. The molecule has 0 bridgehead atoms. The van der Waals surface area contributed by atoms with Gasteiger partial charge in [-0.05, 0) is 57.7 Å². The van der Waals surface area contributed by atoms with Gasteiger partial charge in [-0.1, -0.05) is 0 Å². The van der Waals surface area contributed by atoms with Gasteiger partial charge in [0, 0.05) is 40.4 Å². The Morgan fingerprint density at radius 2 is 1.93 bits per heavy atom. The molecule has 2 saturated heterocycles. The van der Waals surface area contributed by atoms with E-state index in [1.54, 1.807) is 13.8 Å². The van der Waals surface area contributed by atoms with Crippen molar-refractivity contribution in [3.63, 3.8) is 0 Å². The summed E-state index contributed by atoms with van der Waals surface area (Å²) < 4.78 is 10.9. The van der Waals surface area contributed by atoms with Crippen LogP contribution in [0.2, 0.25) is 0 Å². The molecular weight excluding hydrogens is 516 g/mol. The van der Waals surface area contributed by atoms with E-state index in [4.69, 9.17) is 15.2 Å². The molecule has 0 aromatic heterocycles. The summed E-state index contributed by atoms with van der Waals surface area (Å²) in [7, 11) is 2.87. The first-order valence-electron chi connectivity index (χ1n) is 13.6. The number of aliphatic hydroxyl groups excluding tert-OH is 1. The number of nitrogens with two attached hydrogens (primary N) is 1. The molecule has 4 heterocycles. The van der Waals surface area contributed by atoms with E-state index in [0.717, 1.165) is 16.7 Å². The number of hydrogen-bond donors (Lipinski definition) is 4. The van der Waals surface area contributed by atoms with E-state index in [-0.39, 0.29) is 53.5 Å². The molecular formula is C29H36N4O7. The second-order valence-electron chi connectivity index (χ2n) is 11.8. The fourth-order valence-electron chi connectivity index (χ4n) is 7.99. The van der Waals surface area contributed by atoms with Crippen LogP contribution in [0.4, 0.5) is 0 Å². The van der Waals surface area contributed by atoms with Crippen LogP contribution in [0.25, 0.3) is 0 Å². The highest BCUT2D eigenvalue weighted by Gasteiger charge is 2.69. The van der Waals surface area contributed by atoms with Crippen molar-refractivity contribution in [2.75, 3.05) is 20.8 Å². The Morgan fingerprint density at radius 1 is 1.23 bits per heavy atom. The van der Waals surface area contributed by atoms with Gasteiger partial charge < -0.3 is 30.7 Å². The largest absolute Gasteiger partial charge is 0.504 e. The monoisotopic (exact) mass is 552 g/mol. The van der Waals surface area contributed by atoms with Crippen molar-refractivity contribution in [2.45, 2.75) is 82.5 Å². The number of rotatable bonds is 5. The summed E-state index contributed by atoms with van der Waals surface area (Å²) in [5.41, 5.74) is 8.70. The molecule has 2 fully saturated rings. The first-order valence-corrected chi connectivity index (χ1v) is 13.6. The molecule has 1 amide bonds. The maximum Gasteiger partial charge on any atom is 0.236 e. The minimum absolute atomic E-state index is 0.0286. The molecule has 5 aliphatic rings. The van der Waals surface area contributed by atoms with E-state index in [9.17, 15) is 24.6 Å². The summed E-state index contributed by atoms with van der Waals surface area (Å²) in [6, 6.07) is -0.694. The Bertz CT molecular complexity index is 1430. The molecule has 11 nitrogen and oxygen atoms in total. The average Bonchev–Trinajstić information content (AvgIpc) is 3.10. The van der Waals surface area contributed by atoms with Crippen LogP contribution >= 0.6 is 0 Å². The second kappa shape index (κ2) is 8.87. The van der Waals surface area contributed by atoms with Gasteiger partial charge in [0.15, 0.2) is 23.0 Å². The number of phenolic OH excluding ortho intramolecular Hbond substituents is 1. The zero-order valence-corrected chi connectivity index (χ0v) is 23.6. The van der Waals surface area contributed by atoms with Gasteiger partial charge in [0.2, 0.25) is 11.7 Å². The van der Waals surface area contributed by atoms with E-state index in [0.29, 0.717) is 17.7 Å². The SMILES string of the molecule is COC1=C(C)C(=O)C2=C(C1=O)[C@H](CNC(=O)[C@H](C)N)N1C(C2)[C@H]2c3c(cc(C)c(OC)c3O)C3(C)C[C@@H]([C@@H]1O)N23. The molecule has 0 radical (unpaired) electrons. The summed E-state index contributed by atoms with van der Waals surface area (Å²) in [6.45, 7) is 7.10. The van der Waals surface area contributed by atoms with Gasteiger partial charge >= 0.3 is 0 Å². The number of nitrogens with zero attached hydrogens (tertiary/aromatic N) is 2. The van der Waals surface area contributed by atoms with Gasteiger partial charge in [0.1, 0.15) is 6.23 Å². The molecule has 2 unspecified atom stereocenters. The van der Waals surface area contributed by atoms with Gasteiger partial charge in [-0.2, -0.15) is 0 Å². The molecule has 1 aromatic carbocycles. The maximum atomic E-state index is 13.8. The number of amides is 1. The van der Waals surface area contributed by atoms with Crippen molar-refractivity contribution < 1.29 is 34.1 Å². The van der Waals surface area contributed by atoms with E-state index >= 15 is 0 Å². The van der Waals surface area contributed by atoms with Crippen molar-refractivity contribution in [1.82, 2.24) is 15.1 Å². The minimum Gasteiger partial charge on any atom is -0.504 e. The predicted octanol–water partition coefficient (Wildman–Crippen LogP) is 0.661. The van der Waals surface area contributed by atoms with Crippen LogP contribution in [0.15, 0.2) is 28.5 Å².